The molecule has 0 unspecified atom stereocenters. The number of rotatable bonds is 3. The van der Waals surface area contributed by atoms with Gasteiger partial charge in [-0.15, -0.1) is 0 Å². The van der Waals surface area contributed by atoms with Gasteiger partial charge in [-0.05, 0) is 25.1 Å². The Kier molecular flexibility index (Phi) is 3.33. The number of aryl methyl sites for hydroxylation is 1. The van der Waals surface area contributed by atoms with Gasteiger partial charge in [0.25, 0.3) is 0 Å². The van der Waals surface area contributed by atoms with Gasteiger partial charge in [-0.2, -0.15) is 0 Å². The van der Waals surface area contributed by atoms with E-state index in [9.17, 15) is 4.79 Å². The largest absolute Gasteiger partial charge is 0.495 e. The fourth-order valence-electron chi connectivity index (χ4n) is 1.75. The van der Waals surface area contributed by atoms with Crippen LogP contribution in [-0.4, -0.2) is 12.9 Å². The zero-order valence-corrected chi connectivity index (χ0v) is 10.4. The number of ether oxygens (including phenoxy) is 1. The lowest BCUT2D eigenvalue weighted by Crippen LogP contribution is -2.03. The van der Waals surface area contributed by atoms with Crippen molar-refractivity contribution < 1.29 is 9.53 Å². The van der Waals surface area contributed by atoms with Gasteiger partial charge in [-0.3, -0.25) is 4.79 Å². The van der Waals surface area contributed by atoms with Crippen LogP contribution in [0, 0.1) is 6.92 Å². The lowest BCUT2D eigenvalue weighted by Gasteiger charge is -2.07. The maximum atomic E-state index is 12.2. The molecule has 2 N–H and O–H groups in total. The lowest BCUT2D eigenvalue weighted by molar-refractivity contribution is 0.103. The van der Waals surface area contributed by atoms with Gasteiger partial charge in [-0.25, -0.2) is 0 Å². The highest BCUT2D eigenvalue weighted by atomic mass is 16.5. The van der Waals surface area contributed by atoms with Crippen LogP contribution in [0.25, 0.3) is 0 Å². The molecule has 0 fully saturated rings. The molecule has 2 aromatic carbocycles. The Morgan fingerprint density at radius 1 is 1.06 bits per heavy atom. The van der Waals surface area contributed by atoms with Crippen molar-refractivity contribution >= 4 is 11.5 Å². The average molecular weight is 241 g/mol. The quantitative estimate of drug-likeness (QED) is 0.664. The van der Waals surface area contributed by atoms with Crippen LogP contribution in [0.1, 0.15) is 21.5 Å². The van der Waals surface area contributed by atoms with Gasteiger partial charge >= 0.3 is 0 Å². The minimum absolute atomic E-state index is 0.0376. The smallest absolute Gasteiger partial charge is 0.193 e. The summed E-state index contributed by atoms with van der Waals surface area (Å²) < 4.78 is 5.06. The van der Waals surface area contributed by atoms with E-state index in [-0.39, 0.29) is 5.78 Å². The number of ketones is 1. The number of hydrogen-bond donors (Lipinski definition) is 1. The second kappa shape index (κ2) is 4.92. The van der Waals surface area contributed by atoms with Crippen LogP contribution in [0.2, 0.25) is 0 Å². The number of nitrogens with two attached hydrogens (primary N) is 1. The number of carbonyl (C=O) groups excluding carboxylic acids is 1. The average Bonchev–Trinajstić information content (AvgIpc) is 2.38. The van der Waals surface area contributed by atoms with E-state index in [1.165, 1.54) is 0 Å². The van der Waals surface area contributed by atoms with E-state index in [2.05, 4.69) is 0 Å². The molecule has 0 radical (unpaired) electrons. The molecule has 92 valence electrons. The Balaban J connectivity index is 2.34. The van der Waals surface area contributed by atoms with E-state index in [0.29, 0.717) is 22.6 Å². The van der Waals surface area contributed by atoms with Crippen molar-refractivity contribution in [3.05, 3.63) is 59.2 Å². The predicted molar refractivity (Wildman–Crippen MR) is 72.0 cm³/mol. The van der Waals surface area contributed by atoms with Gasteiger partial charge in [0, 0.05) is 11.1 Å². The van der Waals surface area contributed by atoms with E-state index >= 15 is 0 Å². The van der Waals surface area contributed by atoms with Gasteiger partial charge in [0.2, 0.25) is 0 Å². The van der Waals surface area contributed by atoms with Crippen LogP contribution in [-0.2, 0) is 0 Å². The third-order valence-electron chi connectivity index (χ3n) is 2.81. The second-order valence-electron chi connectivity index (χ2n) is 4.15. The molecule has 0 aliphatic heterocycles. The SMILES string of the molecule is COc1ccc(C(=O)c2ccc(C)cc2)cc1N. The van der Waals surface area contributed by atoms with Crippen LogP contribution in [0.4, 0.5) is 5.69 Å². The lowest BCUT2D eigenvalue weighted by atomic mass is 10.0. The Hall–Kier alpha value is -2.29. The first-order valence-corrected chi connectivity index (χ1v) is 5.66. The summed E-state index contributed by atoms with van der Waals surface area (Å²) >= 11 is 0. The standard InChI is InChI=1S/C15H15NO2/c1-10-3-5-11(6-4-10)15(17)12-7-8-14(18-2)13(16)9-12/h3-9H,16H2,1-2H3. The topological polar surface area (TPSA) is 52.3 Å². The second-order valence-corrected chi connectivity index (χ2v) is 4.15. The molecule has 0 atom stereocenters. The molecule has 3 heteroatoms. The Bertz CT molecular complexity index is 574. The van der Waals surface area contributed by atoms with Gasteiger partial charge in [0.1, 0.15) is 5.75 Å². The molecule has 0 aliphatic carbocycles. The van der Waals surface area contributed by atoms with E-state index in [0.717, 1.165) is 5.56 Å². The fourth-order valence-corrected chi connectivity index (χ4v) is 1.75. The fraction of sp³-hybridized carbons (Fsp3) is 0.133. The molecule has 0 amide bonds. The number of methoxy groups -OCH3 is 1. The number of nitrogen functional groups attached to an aromatic ring is 1. The van der Waals surface area contributed by atoms with Crippen molar-refractivity contribution in [2.24, 2.45) is 0 Å². The van der Waals surface area contributed by atoms with Gasteiger partial charge in [0.15, 0.2) is 5.78 Å². The van der Waals surface area contributed by atoms with E-state index in [1.807, 2.05) is 31.2 Å². The highest BCUT2D eigenvalue weighted by Gasteiger charge is 2.10. The Morgan fingerprint density at radius 3 is 2.22 bits per heavy atom. The highest BCUT2D eigenvalue weighted by molar-refractivity contribution is 6.09. The third-order valence-corrected chi connectivity index (χ3v) is 2.81. The molecule has 2 rings (SSSR count). The maximum Gasteiger partial charge on any atom is 0.193 e. The van der Waals surface area contributed by atoms with Crippen molar-refractivity contribution in [2.75, 3.05) is 12.8 Å². The van der Waals surface area contributed by atoms with Crippen LogP contribution in [0.15, 0.2) is 42.5 Å². The van der Waals surface area contributed by atoms with Crippen LogP contribution in [0.3, 0.4) is 0 Å². The zero-order valence-electron chi connectivity index (χ0n) is 10.4. The molecule has 0 aliphatic rings. The molecule has 0 heterocycles. The van der Waals surface area contributed by atoms with E-state index in [4.69, 9.17) is 10.5 Å². The van der Waals surface area contributed by atoms with Crippen LogP contribution >= 0.6 is 0 Å². The first-order chi connectivity index (χ1) is 8.61. The Morgan fingerprint density at radius 2 is 1.67 bits per heavy atom. The van der Waals surface area contributed by atoms with Crippen molar-refractivity contribution in [1.29, 1.82) is 0 Å². The first kappa shape index (κ1) is 12.2. The summed E-state index contributed by atoms with van der Waals surface area (Å²) in [5.41, 5.74) is 8.61. The molecule has 2 aromatic rings. The third kappa shape index (κ3) is 2.35. The van der Waals surface area contributed by atoms with Gasteiger partial charge in [0.05, 0.1) is 12.8 Å². The summed E-state index contributed by atoms with van der Waals surface area (Å²) in [6, 6.07) is 12.5. The Labute approximate surface area is 106 Å². The number of carbonyl (C=O) groups is 1. The van der Waals surface area contributed by atoms with Crippen LogP contribution < -0.4 is 10.5 Å². The molecule has 0 spiro atoms. The van der Waals surface area contributed by atoms with E-state index in [1.54, 1.807) is 25.3 Å². The zero-order chi connectivity index (χ0) is 13.1. The summed E-state index contributed by atoms with van der Waals surface area (Å²) in [4.78, 5) is 12.2. The highest BCUT2D eigenvalue weighted by Crippen LogP contribution is 2.23. The summed E-state index contributed by atoms with van der Waals surface area (Å²) in [7, 11) is 1.55. The molecular weight excluding hydrogens is 226 g/mol. The van der Waals surface area contributed by atoms with Crippen LogP contribution in [0.5, 0.6) is 5.75 Å². The minimum atomic E-state index is -0.0376. The maximum absolute atomic E-state index is 12.2. The summed E-state index contributed by atoms with van der Waals surface area (Å²) in [5.74, 6) is 0.541. The normalized spacial score (nSPS) is 10.1. The van der Waals surface area contributed by atoms with Gasteiger partial charge < -0.3 is 10.5 Å². The number of hydrogen-bond acceptors (Lipinski definition) is 3. The summed E-state index contributed by atoms with van der Waals surface area (Å²) in [6.45, 7) is 1.99. The van der Waals surface area contributed by atoms with E-state index < -0.39 is 0 Å². The number of benzene rings is 2. The van der Waals surface area contributed by atoms with Crippen molar-refractivity contribution in [3.8, 4) is 5.75 Å². The molecule has 0 aromatic heterocycles. The summed E-state index contributed by atoms with van der Waals surface area (Å²) in [6.07, 6.45) is 0. The molecule has 0 saturated heterocycles. The summed E-state index contributed by atoms with van der Waals surface area (Å²) in [5, 5.41) is 0. The van der Waals surface area contributed by atoms with Crippen molar-refractivity contribution in [3.63, 3.8) is 0 Å². The molecule has 0 bridgehead atoms. The molecule has 3 nitrogen and oxygen atoms in total. The molecule has 18 heavy (non-hydrogen) atoms. The van der Waals surface area contributed by atoms with Gasteiger partial charge in [-0.1, -0.05) is 29.8 Å². The van der Waals surface area contributed by atoms with Crippen molar-refractivity contribution in [2.45, 2.75) is 6.92 Å². The molecular formula is C15H15NO2. The monoisotopic (exact) mass is 241 g/mol. The number of anilines is 1. The van der Waals surface area contributed by atoms with Crippen molar-refractivity contribution in [1.82, 2.24) is 0 Å². The first-order valence-electron chi connectivity index (χ1n) is 5.66. The molecule has 0 saturated carbocycles. The minimum Gasteiger partial charge on any atom is -0.495 e. The predicted octanol–water partition coefficient (Wildman–Crippen LogP) is 2.82.